The summed E-state index contributed by atoms with van der Waals surface area (Å²) in [6, 6.07) is 7.22. The lowest BCUT2D eigenvalue weighted by molar-refractivity contribution is -0.137. The van der Waals surface area contributed by atoms with Gasteiger partial charge in [0.05, 0.1) is 11.7 Å². The molecule has 32 heavy (non-hydrogen) atoms. The molecule has 10 heteroatoms. The quantitative estimate of drug-likeness (QED) is 0.216. The second kappa shape index (κ2) is 10.4. The van der Waals surface area contributed by atoms with E-state index < -0.39 is 5.97 Å². The Kier molecular flexibility index (Phi) is 7.37. The van der Waals surface area contributed by atoms with Crippen molar-refractivity contribution in [2.45, 2.75) is 25.7 Å². The highest BCUT2D eigenvalue weighted by Crippen LogP contribution is 2.17. The molecular weight excluding hydrogens is 412 g/mol. The molecule has 0 aliphatic heterocycles. The molecule has 2 aromatic heterocycles. The second-order valence-electron chi connectivity index (χ2n) is 7.59. The van der Waals surface area contributed by atoms with Crippen molar-refractivity contribution in [3.05, 3.63) is 57.5 Å². The van der Waals surface area contributed by atoms with Crippen LogP contribution in [-0.4, -0.2) is 63.8 Å². The molecule has 1 aromatic carbocycles. The van der Waals surface area contributed by atoms with Gasteiger partial charge in [0, 0.05) is 38.8 Å². The highest BCUT2D eigenvalue weighted by molar-refractivity contribution is 5.94. The topological polar surface area (TPSA) is 144 Å². The Morgan fingerprint density at radius 2 is 1.97 bits per heavy atom. The number of carbonyl (C=O) groups excluding carboxylic acids is 1. The van der Waals surface area contributed by atoms with Gasteiger partial charge in [-0.15, -0.1) is 0 Å². The molecule has 0 fully saturated rings. The van der Waals surface area contributed by atoms with Crippen LogP contribution in [-0.2, 0) is 17.6 Å². The Hall–Kier alpha value is -3.95. The predicted molar refractivity (Wildman–Crippen MR) is 122 cm³/mol. The van der Waals surface area contributed by atoms with E-state index in [1.54, 1.807) is 29.6 Å². The zero-order valence-electron chi connectivity index (χ0n) is 18.0. The van der Waals surface area contributed by atoms with Gasteiger partial charge in [0.15, 0.2) is 0 Å². The average molecular weight is 438 g/mol. The minimum absolute atomic E-state index is 0.0238. The number of aryl methyl sites for hydroxylation is 2. The van der Waals surface area contributed by atoms with Crippen LogP contribution in [0.3, 0.4) is 0 Å². The van der Waals surface area contributed by atoms with Crippen LogP contribution in [0, 0.1) is 0 Å². The van der Waals surface area contributed by atoms with E-state index in [2.05, 4.69) is 25.3 Å². The normalized spacial score (nSPS) is 11.2. The number of aromatic nitrogens is 3. The average Bonchev–Trinajstić information content (AvgIpc) is 3.17. The van der Waals surface area contributed by atoms with E-state index in [0.717, 1.165) is 11.1 Å². The van der Waals surface area contributed by atoms with Gasteiger partial charge in [-0.25, -0.2) is 4.99 Å². The number of nitrogens with one attached hydrogen (secondary N) is 3. The molecule has 168 valence electrons. The van der Waals surface area contributed by atoms with Crippen LogP contribution in [0.4, 0.5) is 5.95 Å². The number of aliphatic imine (C=N–C) groups is 1. The fraction of sp³-hybridized carbons (Fsp3) is 0.318. The Morgan fingerprint density at radius 1 is 1.22 bits per heavy atom. The van der Waals surface area contributed by atoms with Gasteiger partial charge < -0.3 is 20.3 Å². The summed E-state index contributed by atoms with van der Waals surface area (Å²) in [6.45, 7) is 0.318. The van der Waals surface area contributed by atoms with Crippen molar-refractivity contribution in [1.82, 2.24) is 25.2 Å². The van der Waals surface area contributed by atoms with Crippen molar-refractivity contribution in [3.8, 4) is 0 Å². The van der Waals surface area contributed by atoms with Crippen LogP contribution in [0.2, 0.25) is 0 Å². The fourth-order valence-electron chi connectivity index (χ4n) is 3.17. The van der Waals surface area contributed by atoms with Gasteiger partial charge in [-0.2, -0.15) is 4.98 Å². The van der Waals surface area contributed by atoms with Gasteiger partial charge in [-0.3, -0.25) is 19.4 Å². The number of carboxylic acid groups (broad SMARTS) is 1. The van der Waals surface area contributed by atoms with Crippen LogP contribution >= 0.6 is 0 Å². The first-order valence-corrected chi connectivity index (χ1v) is 10.2. The molecule has 0 saturated heterocycles. The summed E-state index contributed by atoms with van der Waals surface area (Å²) < 4.78 is 0. The molecule has 0 radical (unpaired) electrons. The lowest BCUT2D eigenvalue weighted by atomic mass is 10.0. The zero-order chi connectivity index (χ0) is 23.1. The fourth-order valence-corrected chi connectivity index (χ4v) is 3.17. The number of benzene rings is 1. The molecule has 0 unspecified atom stereocenters. The standard InChI is InChI=1S/C22H26N6O4/c1-28(2)13-25-22-26-19-18(21(32)27-22)16(12-24-19)10-7-14-5-8-15(9-6-14)20(31)23-11-3-4-17(29)30/h5-6,8-9,12-13H,3-4,7,10-11H2,1-2H3,(H,23,31)(H,29,30)(H2,24,26,27,32). The Morgan fingerprint density at radius 3 is 2.66 bits per heavy atom. The highest BCUT2D eigenvalue weighted by Gasteiger charge is 2.11. The van der Waals surface area contributed by atoms with Crippen molar-refractivity contribution in [2.24, 2.45) is 4.99 Å². The smallest absolute Gasteiger partial charge is 0.303 e. The first kappa shape index (κ1) is 22.7. The minimum Gasteiger partial charge on any atom is -0.481 e. The number of H-pyrrole nitrogens is 2. The van der Waals surface area contributed by atoms with Crippen LogP contribution in [0.25, 0.3) is 11.0 Å². The number of aromatic amines is 2. The summed E-state index contributed by atoms with van der Waals surface area (Å²) in [7, 11) is 3.66. The minimum atomic E-state index is -0.880. The number of fused-ring (bicyclic) bond motifs is 1. The van der Waals surface area contributed by atoms with E-state index >= 15 is 0 Å². The third-order valence-corrected chi connectivity index (χ3v) is 4.77. The maximum atomic E-state index is 12.5. The van der Waals surface area contributed by atoms with E-state index in [1.165, 1.54) is 0 Å². The van der Waals surface area contributed by atoms with Crippen molar-refractivity contribution < 1.29 is 14.7 Å². The van der Waals surface area contributed by atoms with E-state index in [-0.39, 0.29) is 23.8 Å². The van der Waals surface area contributed by atoms with Crippen LogP contribution < -0.4 is 10.9 Å². The van der Waals surface area contributed by atoms with Crippen LogP contribution in [0.1, 0.15) is 34.3 Å². The molecule has 10 nitrogen and oxygen atoms in total. The summed E-state index contributed by atoms with van der Waals surface area (Å²) in [5, 5.41) is 11.9. The van der Waals surface area contributed by atoms with Crippen LogP contribution in [0.15, 0.2) is 40.2 Å². The maximum Gasteiger partial charge on any atom is 0.303 e. The number of nitrogens with zero attached hydrogens (tertiary/aromatic N) is 3. The van der Waals surface area contributed by atoms with E-state index in [4.69, 9.17) is 5.11 Å². The number of hydrogen-bond acceptors (Lipinski definition) is 5. The number of aliphatic carboxylic acids is 1. The van der Waals surface area contributed by atoms with Crippen molar-refractivity contribution in [2.75, 3.05) is 20.6 Å². The molecule has 0 aliphatic rings. The molecule has 4 N–H and O–H groups in total. The first-order valence-electron chi connectivity index (χ1n) is 10.2. The molecular formula is C22H26N6O4. The van der Waals surface area contributed by atoms with Crippen molar-refractivity contribution in [1.29, 1.82) is 0 Å². The largest absolute Gasteiger partial charge is 0.481 e. The number of rotatable bonds is 10. The Balaban J connectivity index is 1.61. The molecule has 3 aromatic rings. The van der Waals surface area contributed by atoms with E-state index in [1.807, 2.05) is 26.2 Å². The third kappa shape index (κ3) is 6.03. The Bertz CT molecular complexity index is 1180. The van der Waals surface area contributed by atoms with Gasteiger partial charge in [-0.1, -0.05) is 12.1 Å². The monoisotopic (exact) mass is 438 g/mol. The van der Waals surface area contributed by atoms with Gasteiger partial charge in [-0.05, 0) is 42.5 Å². The predicted octanol–water partition coefficient (Wildman–Crippen LogP) is 1.85. The maximum absolute atomic E-state index is 12.5. The van der Waals surface area contributed by atoms with Crippen molar-refractivity contribution in [3.63, 3.8) is 0 Å². The van der Waals surface area contributed by atoms with Gasteiger partial charge in [0.1, 0.15) is 5.65 Å². The molecule has 0 aliphatic carbocycles. The third-order valence-electron chi connectivity index (χ3n) is 4.77. The lowest BCUT2D eigenvalue weighted by Gasteiger charge is -2.06. The molecule has 0 bridgehead atoms. The lowest BCUT2D eigenvalue weighted by Crippen LogP contribution is -2.24. The number of carbonyl (C=O) groups is 2. The molecule has 0 spiro atoms. The van der Waals surface area contributed by atoms with E-state index in [9.17, 15) is 14.4 Å². The summed E-state index contributed by atoms with van der Waals surface area (Å²) in [5.74, 6) is -0.875. The second-order valence-corrected chi connectivity index (χ2v) is 7.59. The zero-order valence-corrected chi connectivity index (χ0v) is 18.0. The molecule has 0 saturated carbocycles. The van der Waals surface area contributed by atoms with Crippen molar-refractivity contribution >= 4 is 35.2 Å². The first-order chi connectivity index (χ1) is 15.3. The summed E-state index contributed by atoms with van der Waals surface area (Å²) in [4.78, 5) is 51.1. The van der Waals surface area contributed by atoms with Crippen LogP contribution in [0.5, 0.6) is 0 Å². The molecule has 1 amide bonds. The number of hydrogen-bond donors (Lipinski definition) is 4. The number of carboxylic acids is 1. The van der Waals surface area contributed by atoms with Gasteiger partial charge in [0.25, 0.3) is 11.5 Å². The molecule has 3 rings (SSSR count). The summed E-state index contributed by atoms with van der Waals surface area (Å²) >= 11 is 0. The highest BCUT2D eigenvalue weighted by atomic mass is 16.4. The SMILES string of the molecule is CN(C)C=Nc1nc2[nH]cc(CCc3ccc(C(=O)NCCCC(=O)O)cc3)c2c(=O)[nH]1. The number of amides is 1. The van der Waals surface area contributed by atoms with Gasteiger partial charge in [0.2, 0.25) is 5.95 Å². The molecule has 2 heterocycles. The summed E-state index contributed by atoms with van der Waals surface area (Å²) in [6.07, 6.45) is 5.08. The van der Waals surface area contributed by atoms with Gasteiger partial charge >= 0.3 is 5.97 Å². The summed E-state index contributed by atoms with van der Waals surface area (Å²) in [5.41, 5.74) is 2.65. The van der Waals surface area contributed by atoms with E-state index in [0.29, 0.717) is 42.4 Å². The molecule has 0 atom stereocenters. The Labute approximate surface area is 184 Å².